The first kappa shape index (κ1) is 34.9. The summed E-state index contributed by atoms with van der Waals surface area (Å²) in [6.45, 7) is 21.1. The quantitative estimate of drug-likeness (QED) is 0.157. The minimum atomic E-state index is -0.721. The fourth-order valence-electron chi connectivity index (χ4n) is 4.80. The molecule has 2 rings (SSSR count). The first-order valence-corrected chi connectivity index (χ1v) is 14.2. The van der Waals surface area contributed by atoms with Gasteiger partial charge in [0.2, 0.25) is 0 Å². The molecule has 0 radical (unpaired) electrons. The number of allylic oxidation sites excluding steroid dienone is 4. The minimum absolute atomic E-state index is 0.0730. The zero-order valence-electron chi connectivity index (χ0n) is 25.4. The number of ketones is 1. The van der Waals surface area contributed by atoms with E-state index in [9.17, 15) is 9.59 Å². The van der Waals surface area contributed by atoms with Crippen molar-refractivity contribution >= 4 is 11.8 Å². The summed E-state index contributed by atoms with van der Waals surface area (Å²) in [5, 5.41) is 0. The predicted octanol–water partition coefficient (Wildman–Crippen LogP) is 8.70. The first-order chi connectivity index (χ1) is 17.4. The van der Waals surface area contributed by atoms with Crippen LogP contribution in [-0.2, 0) is 19.1 Å². The van der Waals surface area contributed by atoms with Crippen LogP contribution in [0.3, 0.4) is 0 Å². The summed E-state index contributed by atoms with van der Waals surface area (Å²) < 4.78 is 10.8. The predicted molar refractivity (Wildman–Crippen MR) is 156 cm³/mol. The van der Waals surface area contributed by atoms with Crippen molar-refractivity contribution in [3.8, 4) is 12.8 Å². The average molecular weight is 515 g/mol. The lowest BCUT2D eigenvalue weighted by Crippen LogP contribution is -2.35. The molecule has 210 valence electrons. The van der Waals surface area contributed by atoms with Crippen molar-refractivity contribution in [2.24, 2.45) is 5.41 Å². The van der Waals surface area contributed by atoms with Gasteiger partial charge < -0.3 is 9.47 Å². The normalized spacial score (nSPS) is 17.8. The zero-order chi connectivity index (χ0) is 28.6. The molecule has 4 nitrogen and oxygen atoms in total. The summed E-state index contributed by atoms with van der Waals surface area (Å²) in [6, 6.07) is 0. The van der Waals surface area contributed by atoms with Crippen LogP contribution in [0, 0.1) is 18.3 Å². The lowest BCUT2D eigenvalue weighted by atomic mass is 9.80. The second-order valence-corrected chi connectivity index (χ2v) is 11.3. The van der Waals surface area contributed by atoms with Crippen LogP contribution in [0.15, 0.2) is 33.9 Å². The summed E-state index contributed by atoms with van der Waals surface area (Å²) >= 11 is 0. The monoisotopic (exact) mass is 514 g/mol. The number of hydrogen-bond acceptors (Lipinski definition) is 4. The maximum atomic E-state index is 13.4. The van der Waals surface area contributed by atoms with Gasteiger partial charge >= 0.3 is 5.97 Å². The molecule has 2 heterocycles. The van der Waals surface area contributed by atoms with E-state index in [0.717, 1.165) is 38.9 Å². The third-order valence-corrected chi connectivity index (χ3v) is 7.21. The number of carbonyl (C=O) groups is 2. The highest BCUT2D eigenvalue weighted by Crippen LogP contribution is 2.41. The molecular weight excluding hydrogens is 460 g/mol. The molecule has 0 saturated carbocycles. The van der Waals surface area contributed by atoms with E-state index in [1.165, 1.54) is 29.6 Å². The van der Waals surface area contributed by atoms with E-state index in [4.69, 9.17) is 9.47 Å². The van der Waals surface area contributed by atoms with Crippen molar-refractivity contribution in [1.29, 1.82) is 0 Å². The van der Waals surface area contributed by atoms with Gasteiger partial charge in [0.25, 0.3) is 0 Å². The summed E-state index contributed by atoms with van der Waals surface area (Å²) in [5.74, 6) is -0.245. The van der Waals surface area contributed by atoms with Crippen LogP contribution in [-0.4, -0.2) is 30.6 Å². The lowest BCUT2D eigenvalue weighted by Gasteiger charge is -2.30. The highest BCUT2D eigenvalue weighted by Gasteiger charge is 2.47. The number of hydrogen-bond donors (Lipinski definition) is 0. The third kappa shape index (κ3) is 11.0. The Kier molecular flexibility index (Phi) is 16.4. The van der Waals surface area contributed by atoms with Crippen LogP contribution in [0.4, 0.5) is 0 Å². The Bertz CT molecular complexity index is 828. The van der Waals surface area contributed by atoms with Gasteiger partial charge in [-0.1, -0.05) is 78.0 Å². The minimum Gasteiger partial charge on any atom is -0.451 e. The molecule has 0 spiro atoms. The van der Waals surface area contributed by atoms with Gasteiger partial charge in [0.05, 0.1) is 0 Å². The number of Topliss-reactive ketones (excluding diaryl/α,β-unsaturated/α-hetero) is 1. The van der Waals surface area contributed by atoms with Gasteiger partial charge in [-0.15, -0.1) is 12.8 Å². The van der Waals surface area contributed by atoms with E-state index >= 15 is 0 Å². The molecular formula is C33H54O4. The Labute approximate surface area is 228 Å². The number of carbonyl (C=O) groups excluding carboxylic acids is 2. The Morgan fingerprint density at radius 2 is 1.49 bits per heavy atom. The van der Waals surface area contributed by atoms with Gasteiger partial charge in [-0.05, 0) is 70.3 Å². The summed E-state index contributed by atoms with van der Waals surface area (Å²) in [4.78, 5) is 25.8. The molecule has 37 heavy (non-hydrogen) atoms. The second-order valence-electron chi connectivity index (χ2n) is 11.3. The van der Waals surface area contributed by atoms with Gasteiger partial charge in [0.15, 0.2) is 5.78 Å². The van der Waals surface area contributed by atoms with Crippen LogP contribution < -0.4 is 0 Å². The fourth-order valence-corrected chi connectivity index (χ4v) is 4.80. The number of rotatable bonds is 11. The Balaban J connectivity index is 0.00000161. The van der Waals surface area contributed by atoms with Crippen molar-refractivity contribution < 1.29 is 19.1 Å². The molecule has 0 aromatic heterocycles. The SMILES string of the molecule is C#C.C1CCOC1.CCC/C(C)=C(/C=C(\C)C(C)(C)C)CCC(=O)C1=C(C)C(=O)OC1(CCC)CCC. The van der Waals surface area contributed by atoms with Gasteiger partial charge in [-0.2, -0.15) is 0 Å². The van der Waals surface area contributed by atoms with Gasteiger partial charge in [-0.3, -0.25) is 4.79 Å². The van der Waals surface area contributed by atoms with Crippen LogP contribution in [0.5, 0.6) is 0 Å². The number of cyclic esters (lactones) is 1. The van der Waals surface area contributed by atoms with E-state index in [0.29, 0.717) is 36.8 Å². The smallest absolute Gasteiger partial charge is 0.335 e. The van der Waals surface area contributed by atoms with Gasteiger partial charge in [-0.25, -0.2) is 4.79 Å². The molecule has 0 atom stereocenters. The molecule has 0 aliphatic carbocycles. The highest BCUT2D eigenvalue weighted by molar-refractivity contribution is 6.08. The molecule has 1 fully saturated rings. The van der Waals surface area contributed by atoms with Gasteiger partial charge in [0.1, 0.15) is 5.60 Å². The second kappa shape index (κ2) is 17.4. The van der Waals surface area contributed by atoms with Crippen LogP contribution in [0.25, 0.3) is 0 Å². The Morgan fingerprint density at radius 3 is 1.89 bits per heavy atom. The van der Waals surface area contributed by atoms with Crippen molar-refractivity contribution in [2.75, 3.05) is 13.2 Å². The fraction of sp³-hybridized carbons (Fsp3) is 0.697. The van der Waals surface area contributed by atoms with Crippen molar-refractivity contribution in [3.05, 3.63) is 33.9 Å². The summed E-state index contributed by atoms with van der Waals surface area (Å²) in [5.41, 5.74) is 4.47. The summed E-state index contributed by atoms with van der Waals surface area (Å²) in [6.07, 6.45) is 19.3. The Hall–Kier alpha value is -2.12. The topological polar surface area (TPSA) is 52.6 Å². The van der Waals surface area contributed by atoms with Crippen LogP contribution in [0.1, 0.15) is 127 Å². The maximum absolute atomic E-state index is 13.4. The average Bonchev–Trinajstić information content (AvgIpc) is 3.49. The molecule has 0 aromatic rings. The zero-order valence-corrected chi connectivity index (χ0v) is 25.4. The highest BCUT2D eigenvalue weighted by atomic mass is 16.6. The summed E-state index contributed by atoms with van der Waals surface area (Å²) in [7, 11) is 0. The standard InChI is InChI=1S/C27H44O3.C4H8O.C2H2/c1-10-13-19(4)22(18-20(5)26(7,8)9)14-15-23(28)24-21(6)25(29)30-27(24,16-11-2)17-12-3;1-2-4-5-3-1;1-2/h18H,10-17H2,1-9H3;1-4H2;1-2H/b20-18+,22-19+;;. The molecule has 2 aliphatic heterocycles. The van der Waals surface area contributed by atoms with Crippen molar-refractivity contribution in [1.82, 2.24) is 0 Å². The Morgan fingerprint density at radius 1 is 0.946 bits per heavy atom. The molecule has 0 N–H and O–H groups in total. The number of ether oxygens (including phenoxy) is 2. The molecule has 4 heteroatoms. The number of esters is 1. The first-order valence-electron chi connectivity index (χ1n) is 14.2. The largest absolute Gasteiger partial charge is 0.451 e. The van der Waals surface area contributed by atoms with Crippen LogP contribution >= 0.6 is 0 Å². The maximum Gasteiger partial charge on any atom is 0.335 e. The van der Waals surface area contributed by atoms with E-state index in [2.05, 4.69) is 74.3 Å². The van der Waals surface area contributed by atoms with E-state index in [-0.39, 0.29) is 17.2 Å². The molecule has 0 bridgehead atoms. The lowest BCUT2D eigenvalue weighted by molar-refractivity contribution is -0.148. The molecule has 0 unspecified atom stereocenters. The van der Waals surface area contributed by atoms with Gasteiger partial charge in [0, 0.05) is 30.8 Å². The number of terminal acetylenes is 1. The molecule has 0 aromatic carbocycles. The van der Waals surface area contributed by atoms with Crippen molar-refractivity contribution in [3.63, 3.8) is 0 Å². The van der Waals surface area contributed by atoms with E-state index in [1.54, 1.807) is 6.92 Å². The third-order valence-electron chi connectivity index (χ3n) is 7.21. The molecule has 0 amide bonds. The van der Waals surface area contributed by atoms with Crippen LogP contribution in [0.2, 0.25) is 0 Å². The molecule has 2 aliphatic rings. The molecule has 1 saturated heterocycles. The van der Waals surface area contributed by atoms with E-state index in [1.807, 2.05) is 0 Å². The van der Waals surface area contributed by atoms with Crippen molar-refractivity contribution in [2.45, 2.75) is 132 Å². The van der Waals surface area contributed by atoms with E-state index < -0.39 is 5.60 Å².